The number of unbranched alkanes of at least 4 members (excludes halogenated alkanes) is 15. The highest BCUT2D eigenvalue weighted by atomic mass is 16.6. The van der Waals surface area contributed by atoms with Crippen molar-refractivity contribution in [3.8, 4) is 0 Å². The van der Waals surface area contributed by atoms with Crippen molar-refractivity contribution < 1.29 is 28.6 Å². The minimum absolute atomic E-state index is 0.111. The fourth-order valence-electron chi connectivity index (χ4n) is 8.24. The minimum atomic E-state index is -0.845. The lowest BCUT2D eigenvalue weighted by molar-refractivity contribution is -0.166. The lowest BCUT2D eigenvalue weighted by Crippen LogP contribution is -2.30. The summed E-state index contributed by atoms with van der Waals surface area (Å²) in [6.45, 7) is 6.26. The van der Waals surface area contributed by atoms with Gasteiger partial charge in [0.15, 0.2) is 6.10 Å². The van der Waals surface area contributed by atoms with Gasteiger partial charge in [-0.25, -0.2) is 0 Å². The third-order valence-corrected chi connectivity index (χ3v) is 13.1. The molecule has 0 aliphatic carbocycles. The van der Waals surface area contributed by atoms with Crippen molar-refractivity contribution in [1.82, 2.24) is 0 Å². The van der Waals surface area contributed by atoms with Crippen LogP contribution in [0.5, 0.6) is 0 Å². The molecule has 0 radical (unpaired) electrons. The number of allylic oxidation sites excluding steroid dienone is 31. The Morgan fingerprint density at radius 2 is 0.518 bits per heavy atom. The molecule has 1 unspecified atom stereocenters. The molecule has 0 aromatic heterocycles. The second kappa shape index (κ2) is 68.7. The number of hydrogen-bond acceptors (Lipinski definition) is 6. The Morgan fingerprint density at radius 3 is 0.843 bits per heavy atom. The predicted molar refractivity (Wildman–Crippen MR) is 361 cm³/mol. The average molecular weight is 1140 g/mol. The summed E-state index contributed by atoms with van der Waals surface area (Å²) in [7, 11) is 0. The van der Waals surface area contributed by atoms with E-state index in [4.69, 9.17) is 14.2 Å². The minimum Gasteiger partial charge on any atom is -0.462 e. The van der Waals surface area contributed by atoms with Gasteiger partial charge in [-0.3, -0.25) is 14.4 Å². The van der Waals surface area contributed by atoms with Crippen LogP contribution in [0.4, 0.5) is 0 Å². The number of ether oxygens (including phenoxy) is 3. The standard InChI is InChI=1S/C77H118O6/c1-4-7-10-13-16-19-22-25-28-30-32-33-34-35-36-37-38-39-40-41-42-43-45-46-49-52-55-58-61-64-67-70-76(79)82-73-74(72-81-75(78)69-66-63-60-57-54-51-48-27-24-21-18-15-12-9-6-3)83-77(80)71-68-65-62-59-56-53-50-47-44-31-29-26-23-20-17-14-11-8-5-2/h7,9-10,12,16-21,25-29,32-33,35-36,38-39,41-42,44-48,54,57,63,66,74H,4-6,8,11,13-15,22-24,30-31,34,37,40,43,49-53,55-56,58-62,64-65,67-73H2,1-3H3/b10-7-,12-9-,19-16-,20-17-,21-18-,28-25-,29-26-,33-32-,36-35-,39-38-,42-41-,46-45-,47-44-,48-27-,57-54-,66-63-. The molecule has 0 saturated carbocycles. The van der Waals surface area contributed by atoms with Crippen molar-refractivity contribution in [3.63, 3.8) is 0 Å². The lowest BCUT2D eigenvalue weighted by Gasteiger charge is -2.18. The van der Waals surface area contributed by atoms with Crippen LogP contribution in [0, 0.1) is 0 Å². The molecule has 0 spiro atoms. The largest absolute Gasteiger partial charge is 0.462 e. The normalized spacial score (nSPS) is 13.4. The molecule has 462 valence electrons. The summed E-state index contributed by atoms with van der Waals surface area (Å²) in [5.41, 5.74) is 0. The maximum absolute atomic E-state index is 12.9. The molecule has 0 saturated heterocycles. The summed E-state index contributed by atoms with van der Waals surface area (Å²) in [4.78, 5) is 38.3. The monoisotopic (exact) mass is 1140 g/mol. The Labute approximate surface area is 509 Å². The molecule has 0 aliphatic rings. The van der Waals surface area contributed by atoms with Gasteiger partial charge in [-0.1, -0.05) is 279 Å². The van der Waals surface area contributed by atoms with Crippen LogP contribution in [0.3, 0.4) is 0 Å². The zero-order valence-electron chi connectivity index (χ0n) is 52.9. The van der Waals surface area contributed by atoms with Gasteiger partial charge < -0.3 is 14.2 Å². The third-order valence-electron chi connectivity index (χ3n) is 13.1. The zero-order valence-corrected chi connectivity index (χ0v) is 52.9. The van der Waals surface area contributed by atoms with E-state index in [0.717, 1.165) is 161 Å². The van der Waals surface area contributed by atoms with Crippen LogP contribution >= 0.6 is 0 Å². The molecule has 0 aromatic rings. The molecule has 1 atom stereocenters. The summed E-state index contributed by atoms with van der Waals surface area (Å²) in [5.74, 6) is -1.10. The molecule has 6 nitrogen and oxygen atoms in total. The summed E-state index contributed by atoms with van der Waals surface area (Å²) in [5, 5.41) is 0. The maximum Gasteiger partial charge on any atom is 0.309 e. The van der Waals surface area contributed by atoms with Gasteiger partial charge in [0.2, 0.25) is 0 Å². The second-order valence-electron chi connectivity index (χ2n) is 20.9. The average Bonchev–Trinajstić information content (AvgIpc) is 3.49. The summed E-state index contributed by atoms with van der Waals surface area (Å²) in [6, 6.07) is 0. The van der Waals surface area contributed by atoms with E-state index in [2.05, 4.69) is 203 Å². The van der Waals surface area contributed by atoms with E-state index in [1.807, 2.05) is 6.08 Å². The van der Waals surface area contributed by atoms with Crippen LogP contribution in [0.2, 0.25) is 0 Å². The van der Waals surface area contributed by atoms with E-state index in [1.165, 1.54) is 51.4 Å². The molecule has 0 rings (SSSR count). The topological polar surface area (TPSA) is 78.9 Å². The molecule has 0 amide bonds. The summed E-state index contributed by atoms with van der Waals surface area (Å²) in [6.07, 6.45) is 105. The zero-order chi connectivity index (χ0) is 59.9. The van der Waals surface area contributed by atoms with Crippen LogP contribution in [-0.2, 0) is 28.6 Å². The van der Waals surface area contributed by atoms with Crippen LogP contribution < -0.4 is 0 Å². The molecular weight excluding hydrogens is 1020 g/mol. The van der Waals surface area contributed by atoms with Crippen molar-refractivity contribution in [2.75, 3.05) is 13.2 Å². The fraction of sp³-hybridized carbons (Fsp3) is 0.545. The Balaban J connectivity index is 4.48. The Morgan fingerprint density at radius 1 is 0.265 bits per heavy atom. The number of rotatable bonds is 57. The van der Waals surface area contributed by atoms with Gasteiger partial charge in [0.25, 0.3) is 0 Å². The van der Waals surface area contributed by atoms with Crippen molar-refractivity contribution in [1.29, 1.82) is 0 Å². The van der Waals surface area contributed by atoms with Gasteiger partial charge in [0.05, 0.1) is 6.42 Å². The predicted octanol–water partition coefficient (Wildman–Crippen LogP) is 23.0. The highest BCUT2D eigenvalue weighted by Gasteiger charge is 2.19. The second-order valence-corrected chi connectivity index (χ2v) is 20.9. The molecule has 0 aromatic carbocycles. The highest BCUT2D eigenvalue weighted by Crippen LogP contribution is 2.13. The SMILES string of the molecule is CC/C=C\C/C=C\C/C=C\C/C=C\C/C=C\C/C=C\C/C=C\C/C=C\CCCCCCCCC(=O)OCC(COC(=O)C/C=C\C/C=C\C/C=C\C/C=C\C/C=C\CC)OC(=O)CCCCCCCC/C=C\C/C=C\C/C=C\CCCCC. The van der Waals surface area contributed by atoms with Crippen molar-refractivity contribution >= 4 is 17.9 Å². The number of carbonyl (C=O) groups is 3. The first kappa shape index (κ1) is 77.2. The van der Waals surface area contributed by atoms with Crippen molar-refractivity contribution in [3.05, 3.63) is 194 Å². The third kappa shape index (κ3) is 66.9. The summed E-state index contributed by atoms with van der Waals surface area (Å²) < 4.78 is 16.8. The molecule has 0 aliphatic heterocycles. The van der Waals surface area contributed by atoms with E-state index in [1.54, 1.807) is 6.08 Å². The van der Waals surface area contributed by atoms with Crippen molar-refractivity contribution in [2.24, 2.45) is 0 Å². The van der Waals surface area contributed by atoms with E-state index in [0.29, 0.717) is 6.42 Å². The number of carbonyl (C=O) groups excluding carboxylic acids is 3. The van der Waals surface area contributed by atoms with Crippen molar-refractivity contribution in [2.45, 2.75) is 258 Å². The first-order valence-corrected chi connectivity index (χ1v) is 32.9. The molecular formula is C77H118O6. The van der Waals surface area contributed by atoms with Gasteiger partial charge in [0.1, 0.15) is 13.2 Å². The fourth-order valence-corrected chi connectivity index (χ4v) is 8.24. The van der Waals surface area contributed by atoms with Crippen LogP contribution in [-0.4, -0.2) is 37.2 Å². The van der Waals surface area contributed by atoms with Gasteiger partial charge in [0, 0.05) is 12.8 Å². The quantitative estimate of drug-likeness (QED) is 0.0261. The van der Waals surface area contributed by atoms with Gasteiger partial charge in [-0.05, 0) is 148 Å². The number of hydrogen-bond donors (Lipinski definition) is 0. The van der Waals surface area contributed by atoms with Crippen LogP contribution in [0.1, 0.15) is 252 Å². The summed E-state index contributed by atoms with van der Waals surface area (Å²) >= 11 is 0. The Hall–Kier alpha value is -5.75. The van der Waals surface area contributed by atoms with Crippen LogP contribution in [0.15, 0.2) is 194 Å². The van der Waals surface area contributed by atoms with Crippen LogP contribution in [0.25, 0.3) is 0 Å². The smallest absolute Gasteiger partial charge is 0.309 e. The molecule has 83 heavy (non-hydrogen) atoms. The molecule has 0 N–H and O–H groups in total. The highest BCUT2D eigenvalue weighted by molar-refractivity contribution is 5.72. The van der Waals surface area contributed by atoms with E-state index >= 15 is 0 Å². The number of esters is 3. The molecule has 0 bridgehead atoms. The Bertz CT molecular complexity index is 1990. The first-order chi connectivity index (χ1) is 41.0. The van der Waals surface area contributed by atoms with Gasteiger partial charge >= 0.3 is 17.9 Å². The van der Waals surface area contributed by atoms with E-state index in [-0.39, 0.29) is 38.0 Å². The molecule has 6 heteroatoms. The van der Waals surface area contributed by atoms with Gasteiger partial charge in [-0.15, -0.1) is 0 Å². The van der Waals surface area contributed by atoms with E-state index < -0.39 is 12.1 Å². The molecule has 0 fully saturated rings. The lowest BCUT2D eigenvalue weighted by atomic mass is 10.1. The maximum atomic E-state index is 12.9. The Kier molecular flexibility index (Phi) is 64.0. The first-order valence-electron chi connectivity index (χ1n) is 32.9. The molecule has 0 heterocycles. The van der Waals surface area contributed by atoms with Gasteiger partial charge in [-0.2, -0.15) is 0 Å². The van der Waals surface area contributed by atoms with E-state index in [9.17, 15) is 14.4 Å².